The fourth-order valence-corrected chi connectivity index (χ4v) is 4.85. The molecule has 0 aliphatic carbocycles. The van der Waals surface area contributed by atoms with E-state index in [0.29, 0.717) is 33.5 Å². The zero-order chi connectivity index (χ0) is 22.6. The summed E-state index contributed by atoms with van der Waals surface area (Å²) in [4.78, 5) is 13.4. The summed E-state index contributed by atoms with van der Waals surface area (Å²) in [6, 6.07) is 26.2. The molecule has 1 N–H and O–H groups in total. The Kier molecular flexibility index (Phi) is 4.35. The van der Waals surface area contributed by atoms with Crippen molar-refractivity contribution in [2.45, 2.75) is 5.60 Å². The van der Waals surface area contributed by atoms with E-state index >= 15 is 0 Å². The molecule has 2 heterocycles. The van der Waals surface area contributed by atoms with Gasteiger partial charge in [0.1, 0.15) is 17.2 Å². The number of halogens is 1. The van der Waals surface area contributed by atoms with E-state index in [0.717, 1.165) is 22.4 Å². The molecule has 6 heteroatoms. The van der Waals surface area contributed by atoms with Crippen LogP contribution in [0.2, 0.25) is 5.02 Å². The second-order valence-corrected chi connectivity index (χ2v) is 8.30. The van der Waals surface area contributed by atoms with Gasteiger partial charge in [-0.15, -0.1) is 0 Å². The zero-order valence-corrected chi connectivity index (χ0v) is 18.3. The van der Waals surface area contributed by atoms with Crippen molar-refractivity contribution in [1.29, 1.82) is 0 Å². The Bertz CT molecular complexity index is 1430. The molecule has 5 nitrogen and oxygen atoms in total. The molecule has 0 saturated carbocycles. The van der Waals surface area contributed by atoms with Crippen molar-refractivity contribution in [2.75, 3.05) is 12.4 Å². The number of hydrogen-bond donors (Lipinski definition) is 1. The molecule has 0 fully saturated rings. The Balaban J connectivity index is 1.59. The maximum absolute atomic E-state index is 13.4. The standard InChI is InChI=1S/C27H18ClNO4/c1-31-23-12-5-3-9-20(23)29-21-10-6-8-19-25(21)26(30)33-27(19)17-7-2-4-11-22(17)32-24-15-16(28)13-14-18(24)27/h2-15,29H,1H3. The minimum atomic E-state index is -1.14. The Hall–Kier alpha value is -3.96. The number of methoxy groups -OCH3 is 1. The first-order valence-electron chi connectivity index (χ1n) is 10.5. The van der Waals surface area contributed by atoms with E-state index < -0.39 is 11.6 Å². The minimum Gasteiger partial charge on any atom is -0.495 e. The van der Waals surface area contributed by atoms with Crippen LogP contribution in [0.3, 0.4) is 0 Å². The molecule has 1 unspecified atom stereocenters. The lowest BCUT2D eigenvalue weighted by Crippen LogP contribution is -2.32. The third kappa shape index (κ3) is 2.82. The van der Waals surface area contributed by atoms with Crippen molar-refractivity contribution in [3.63, 3.8) is 0 Å². The van der Waals surface area contributed by atoms with Crippen molar-refractivity contribution in [2.24, 2.45) is 0 Å². The summed E-state index contributed by atoms with van der Waals surface area (Å²) in [6.45, 7) is 0. The molecule has 2 aliphatic heterocycles. The Morgan fingerprint density at radius 1 is 0.818 bits per heavy atom. The van der Waals surface area contributed by atoms with Gasteiger partial charge in [-0.05, 0) is 42.5 Å². The molecule has 1 spiro atoms. The van der Waals surface area contributed by atoms with Crippen LogP contribution in [0.1, 0.15) is 27.0 Å². The van der Waals surface area contributed by atoms with Gasteiger partial charge in [-0.1, -0.05) is 54.1 Å². The summed E-state index contributed by atoms with van der Waals surface area (Å²) in [6.07, 6.45) is 0. The first-order chi connectivity index (χ1) is 16.1. The third-order valence-corrected chi connectivity index (χ3v) is 6.31. The van der Waals surface area contributed by atoms with Crippen LogP contribution >= 0.6 is 11.6 Å². The second kappa shape index (κ2) is 7.29. The maximum atomic E-state index is 13.4. The van der Waals surface area contributed by atoms with Crippen LogP contribution < -0.4 is 14.8 Å². The molecule has 33 heavy (non-hydrogen) atoms. The summed E-state index contributed by atoms with van der Waals surface area (Å²) in [7, 11) is 1.61. The van der Waals surface area contributed by atoms with Gasteiger partial charge in [0, 0.05) is 21.7 Å². The summed E-state index contributed by atoms with van der Waals surface area (Å²) in [5.41, 5.74) is 2.96. The van der Waals surface area contributed by atoms with Crippen molar-refractivity contribution in [3.05, 3.63) is 112 Å². The van der Waals surface area contributed by atoms with E-state index in [4.69, 9.17) is 25.8 Å². The maximum Gasteiger partial charge on any atom is 0.342 e. The number of carbonyl (C=O) groups excluding carboxylic acids is 1. The molecule has 0 saturated heterocycles. The number of anilines is 2. The highest BCUT2D eigenvalue weighted by Gasteiger charge is 2.54. The van der Waals surface area contributed by atoms with E-state index in [1.165, 1.54) is 0 Å². The molecule has 0 radical (unpaired) electrons. The fraction of sp³-hybridized carbons (Fsp3) is 0.0741. The number of fused-ring (bicyclic) bond motifs is 6. The molecule has 0 amide bonds. The molecular weight excluding hydrogens is 438 g/mol. The van der Waals surface area contributed by atoms with Gasteiger partial charge in [0.25, 0.3) is 0 Å². The molecular formula is C27H18ClNO4. The van der Waals surface area contributed by atoms with Crippen molar-refractivity contribution < 1.29 is 19.0 Å². The van der Waals surface area contributed by atoms with Gasteiger partial charge in [-0.25, -0.2) is 4.79 Å². The fourth-order valence-electron chi connectivity index (χ4n) is 4.69. The summed E-state index contributed by atoms with van der Waals surface area (Å²) in [5, 5.41) is 3.90. The molecule has 0 aromatic heterocycles. The van der Waals surface area contributed by atoms with Gasteiger partial charge in [-0.3, -0.25) is 0 Å². The van der Waals surface area contributed by atoms with Crippen molar-refractivity contribution in [1.82, 2.24) is 0 Å². The molecule has 4 aromatic rings. The van der Waals surface area contributed by atoms with Gasteiger partial charge in [0.15, 0.2) is 5.60 Å². The van der Waals surface area contributed by atoms with Crippen molar-refractivity contribution in [3.8, 4) is 17.2 Å². The van der Waals surface area contributed by atoms with Gasteiger partial charge in [-0.2, -0.15) is 0 Å². The van der Waals surface area contributed by atoms with E-state index in [2.05, 4.69) is 5.32 Å². The minimum absolute atomic E-state index is 0.416. The predicted molar refractivity (Wildman–Crippen MR) is 126 cm³/mol. The quantitative estimate of drug-likeness (QED) is 0.350. The van der Waals surface area contributed by atoms with Gasteiger partial charge < -0.3 is 19.5 Å². The van der Waals surface area contributed by atoms with Crippen LogP contribution in [-0.2, 0) is 10.3 Å². The van der Waals surface area contributed by atoms with Crippen LogP contribution in [0.5, 0.6) is 17.2 Å². The van der Waals surface area contributed by atoms with E-state index in [1.54, 1.807) is 19.2 Å². The summed E-state index contributed by atoms with van der Waals surface area (Å²) >= 11 is 6.26. The summed E-state index contributed by atoms with van der Waals surface area (Å²) in [5.74, 6) is 1.44. The van der Waals surface area contributed by atoms with Gasteiger partial charge in [0.05, 0.1) is 24.0 Å². The number of ether oxygens (including phenoxy) is 3. The van der Waals surface area contributed by atoms with Gasteiger partial charge >= 0.3 is 5.97 Å². The number of benzene rings is 4. The largest absolute Gasteiger partial charge is 0.495 e. The summed E-state index contributed by atoms with van der Waals surface area (Å²) < 4.78 is 17.9. The third-order valence-electron chi connectivity index (χ3n) is 6.08. The lowest BCUT2D eigenvalue weighted by molar-refractivity contribution is 0.0225. The topological polar surface area (TPSA) is 56.8 Å². The number of nitrogens with one attached hydrogen (secondary N) is 1. The second-order valence-electron chi connectivity index (χ2n) is 7.86. The van der Waals surface area contributed by atoms with Crippen LogP contribution in [-0.4, -0.2) is 13.1 Å². The number of carbonyl (C=O) groups is 1. The predicted octanol–water partition coefficient (Wildman–Crippen LogP) is 6.66. The molecule has 1 atom stereocenters. The normalized spacial score (nSPS) is 17.5. The lowest BCUT2D eigenvalue weighted by atomic mass is 9.77. The Morgan fingerprint density at radius 2 is 1.55 bits per heavy atom. The highest BCUT2D eigenvalue weighted by molar-refractivity contribution is 6.30. The number of esters is 1. The van der Waals surface area contributed by atoms with Crippen LogP contribution in [0.15, 0.2) is 84.9 Å². The van der Waals surface area contributed by atoms with Gasteiger partial charge in [0.2, 0.25) is 0 Å². The highest BCUT2D eigenvalue weighted by atomic mass is 35.5. The zero-order valence-electron chi connectivity index (χ0n) is 17.6. The lowest BCUT2D eigenvalue weighted by Gasteiger charge is -2.36. The van der Waals surface area contributed by atoms with Crippen LogP contribution in [0, 0.1) is 0 Å². The smallest absolute Gasteiger partial charge is 0.342 e. The van der Waals surface area contributed by atoms with Crippen molar-refractivity contribution >= 4 is 28.9 Å². The number of rotatable bonds is 3. The van der Waals surface area contributed by atoms with E-state index in [1.807, 2.05) is 72.8 Å². The van der Waals surface area contributed by atoms with Crippen LogP contribution in [0.25, 0.3) is 0 Å². The highest BCUT2D eigenvalue weighted by Crippen LogP contribution is 2.57. The van der Waals surface area contributed by atoms with E-state index in [9.17, 15) is 4.79 Å². The monoisotopic (exact) mass is 455 g/mol. The average Bonchev–Trinajstić information content (AvgIpc) is 3.13. The number of hydrogen-bond acceptors (Lipinski definition) is 5. The SMILES string of the molecule is COc1ccccc1Nc1cccc2c1C(=O)OC21c2ccccc2Oc2cc(Cl)ccc21. The number of para-hydroxylation sites is 3. The van der Waals surface area contributed by atoms with Crippen LogP contribution in [0.4, 0.5) is 11.4 Å². The Morgan fingerprint density at radius 3 is 2.42 bits per heavy atom. The van der Waals surface area contributed by atoms with E-state index in [-0.39, 0.29) is 0 Å². The molecule has 162 valence electrons. The molecule has 4 aromatic carbocycles. The first kappa shape index (κ1) is 19.7. The molecule has 0 bridgehead atoms. The molecule has 2 aliphatic rings. The first-order valence-corrected chi connectivity index (χ1v) is 10.8. The average molecular weight is 456 g/mol. The molecule has 6 rings (SSSR count). The Labute approximate surface area is 195 Å².